The van der Waals surface area contributed by atoms with Crippen molar-refractivity contribution in [3.8, 4) is 0 Å². The number of fused-ring (bicyclic) bond motifs is 7. The molecule has 5 aliphatic rings. The number of carbonyl (C=O) groups excluding carboxylic acids is 2. The number of amides is 2. The lowest BCUT2D eigenvalue weighted by Gasteiger charge is -2.72. The van der Waals surface area contributed by atoms with Crippen LogP contribution in [-0.2, 0) is 16.1 Å². The summed E-state index contributed by atoms with van der Waals surface area (Å²) in [5.41, 5.74) is 3.01. The molecule has 7 nitrogen and oxygen atoms in total. The van der Waals surface area contributed by atoms with Crippen LogP contribution in [0.1, 0.15) is 154 Å². The smallest absolute Gasteiger partial charge is 0.303 e. The van der Waals surface area contributed by atoms with E-state index in [1.54, 1.807) is 0 Å². The van der Waals surface area contributed by atoms with Crippen LogP contribution in [-0.4, -0.2) is 40.6 Å². The maximum absolute atomic E-state index is 14.6. The largest absolute Gasteiger partial charge is 0.481 e. The first-order chi connectivity index (χ1) is 24.5. The number of unbranched alkanes of at least 4 members (excludes halogenated alkanes) is 3. The predicted molar refractivity (Wildman–Crippen MR) is 206 cm³/mol. The summed E-state index contributed by atoms with van der Waals surface area (Å²) in [5, 5.41) is 26.2. The fourth-order valence-electron chi connectivity index (χ4n) is 13.7. The third kappa shape index (κ3) is 6.47. The maximum Gasteiger partial charge on any atom is 0.303 e. The van der Waals surface area contributed by atoms with E-state index in [1.165, 1.54) is 31.3 Å². The Bertz CT molecular complexity index is 1520. The number of hydrogen-bond acceptors (Lipinski definition) is 4. The zero-order valence-electron chi connectivity index (χ0n) is 33.1. The van der Waals surface area contributed by atoms with E-state index in [2.05, 4.69) is 58.8 Å². The molecule has 0 aromatic heterocycles. The minimum absolute atomic E-state index is 0.0540. The molecular formula is C45H68N2O5. The van der Waals surface area contributed by atoms with E-state index >= 15 is 0 Å². The topological polar surface area (TPSA) is 116 Å². The standard InChI is InChI=1S/C45H68N2O5/c1-29(2)32-19-24-45(40(52)47-28-30-13-15-31(16-14-30)39(51)46-27-11-9-8-10-12-37(49)50)26-25-43(6)33(38(32)45)17-18-35-42(5)22-21-36(48)41(3,4)34(42)20-23-44(35,43)7/h13-16,32-36,38,48H,1,8-12,17-28H2,2-7H3,(H,46,51)(H,47,52)(H,49,50)/t32?,33?,34?,35?,36?,38?,42?,43-,44?,45?/m1/s1. The number of carboxylic acid groups (broad SMARTS) is 1. The Morgan fingerprint density at radius 1 is 0.788 bits per heavy atom. The summed E-state index contributed by atoms with van der Waals surface area (Å²) >= 11 is 0. The predicted octanol–water partition coefficient (Wildman–Crippen LogP) is 9.09. The Morgan fingerprint density at radius 2 is 1.50 bits per heavy atom. The van der Waals surface area contributed by atoms with Crippen LogP contribution in [0.3, 0.4) is 0 Å². The molecule has 2 amide bonds. The van der Waals surface area contributed by atoms with Gasteiger partial charge in [0.25, 0.3) is 5.91 Å². The molecule has 4 N–H and O–H groups in total. The van der Waals surface area contributed by atoms with Crippen LogP contribution >= 0.6 is 0 Å². The van der Waals surface area contributed by atoms with Crippen molar-refractivity contribution in [2.75, 3.05) is 6.54 Å². The van der Waals surface area contributed by atoms with Crippen molar-refractivity contribution in [3.05, 3.63) is 47.5 Å². The van der Waals surface area contributed by atoms with E-state index in [4.69, 9.17) is 5.11 Å². The van der Waals surface area contributed by atoms with Gasteiger partial charge in [-0.1, -0.05) is 71.7 Å². The third-order valence-electron chi connectivity index (χ3n) is 16.8. The van der Waals surface area contributed by atoms with E-state index in [1.807, 2.05) is 24.3 Å². The number of carbonyl (C=O) groups is 3. The molecule has 7 heteroatoms. The molecule has 0 heterocycles. The van der Waals surface area contributed by atoms with Gasteiger partial charge in [0.1, 0.15) is 0 Å². The first-order valence-electron chi connectivity index (χ1n) is 20.7. The molecule has 1 aromatic carbocycles. The molecule has 0 bridgehead atoms. The Labute approximate surface area is 313 Å². The number of aliphatic hydroxyl groups is 1. The van der Waals surface area contributed by atoms with Crippen molar-refractivity contribution in [1.29, 1.82) is 0 Å². The number of benzene rings is 1. The second kappa shape index (κ2) is 14.5. The Hall–Kier alpha value is -2.67. The fourth-order valence-corrected chi connectivity index (χ4v) is 13.7. The second-order valence-corrected chi connectivity index (χ2v) is 19.4. The minimum atomic E-state index is -0.762. The van der Waals surface area contributed by atoms with E-state index in [0.29, 0.717) is 54.7 Å². The molecule has 52 heavy (non-hydrogen) atoms. The number of hydrogen-bond donors (Lipinski definition) is 4. The monoisotopic (exact) mass is 717 g/mol. The van der Waals surface area contributed by atoms with Gasteiger partial charge in [0.15, 0.2) is 0 Å². The van der Waals surface area contributed by atoms with Crippen LogP contribution in [0.2, 0.25) is 0 Å². The van der Waals surface area contributed by atoms with Crippen molar-refractivity contribution in [1.82, 2.24) is 10.6 Å². The molecule has 288 valence electrons. The lowest BCUT2D eigenvalue weighted by molar-refractivity contribution is -0.246. The van der Waals surface area contributed by atoms with E-state index in [0.717, 1.165) is 63.4 Å². The average molecular weight is 717 g/mol. The van der Waals surface area contributed by atoms with Crippen LogP contribution in [0.5, 0.6) is 0 Å². The number of rotatable bonds is 12. The van der Waals surface area contributed by atoms with Gasteiger partial charge in [-0.15, -0.1) is 0 Å². The van der Waals surface area contributed by atoms with Gasteiger partial charge in [-0.25, -0.2) is 0 Å². The van der Waals surface area contributed by atoms with E-state index in [-0.39, 0.29) is 51.4 Å². The number of carboxylic acids is 1. The molecule has 6 rings (SSSR count). The molecule has 10 atom stereocenters. The van der Waals surface area contributed by atoms with Gasteiger partial charge < -0.3 is 20.8 Å². The first kappa shape index (κ1) is 39.0. The van der Waals surface area contributed by atoms with Crippen molar-refractivity contribution in [2.45, 2.75) is 151 Å². The molecule has 1 aromatic rings. The number of allylic oxidation sites excluding steroid dienone is 1. The lowest BCUT2D eigenvalue weighted by atomic mass is 9.32. The SMILES string of the molecule is C=C(C)C1CCC2(C(=O)NCc3ccc(C(=O)NCCCCCCC(=O)O)cc3)CC[C@]3(C)C(CCC4C5(C)CCC(O)C(C)(C)C5CCC43C)C12. The van der Waals surface area contributed by atoms with Gasteiger partial charge >= 0.3 is 5.97 Å². The number of aliphatic carboxylic acids is 1. The molecule has 0 radical (unpaired) electrons. The second-order valence-electron chi connectivity index (χ2n) is 19.4. The Morgan fingerprint density at radius 3 is 2.19 bits per heavy atom. The molecule has 0 spiro atoms. The summed E-state index contributed by atoms with van der Waals surface area (Å²) in [6.45, 7) is 20.2. The summed E-state index contributed by atoms with van der Waals surface area (Å²) in [6.07, 6.45) is 14.1. The van der Waals surface area contributed by atoms with Gasteiger partial charge in [0.2, 0.25) is 5.91 Å². The van der Waals surface area contributed by atoms with Gasteiger partial charge in [0, 0.05) is 25.1 Å². The van der Waals surface area contributed by atoms with Gasteiger partial charge in [-0.05, 0) is 153 Å². The van der Waals surface area contributed by atoms with Crippen molar-refractivity contribution < 1.29 is 24.6 Å². The number of aliphatic hydroxyl groups excluding tert-OH is 1. The third-order valence-corrected chi connectivity index (χ3v) is 16.8. The molecule has 0 aliphatic heterocycles. The summed E-state index contributed by atoms with van der Waals surface area (Å²) in [5.74, 6) is 1.68. The first-order valence-corrected chi connectivity index (χ1v) is 20.7. The van der Waals surface area contributed by atoms with Gasteiger partial charge in [-0.3, -0.25) is 14.4 Å². The van der Waals surface area contributed by atoms with Gasteiger partial charge in [-0.2, -0.15) is 0 Å². The lowest BCUT2D eigenvalue weighted by Crippen LogP contribution is -2.67. The zero-order valence-corrected chi connectivity index (χ0v) is 33.1. The number of nitrogens with one attached hydrogen (secondary N) is 2. The zero-order chi connectivity index (χ0) is 37.7. The summed E-state index contributed by atoms with van der Waals surface area (Å²) in [4.78, 5) is 38.0. The average Bonchev–Trinajstić information content (AvgIpc) is 3.50. The maximum atomic E-state index is 14.6. The highest BCUT2D eigenvalue weighted by Crippen LogP contribution is 2.77. The molecule has 5 saturated carbocycles. The molecule has 5 fully saturated rings. The highest BCUT2D eigenvalue weighted by atomic mass is 16.4. The van der Waals surface area contributed by atoms with Crippen LogP contribution in [0.4, 0.5) is 0 Å². The summed E-state index contributed by atoms with van der Waals surface area (Å²) in [7, 11) is 0. The van der Waals surface area contributed by atoms with Crippen molar-refractivity contribution >= 4 is 17.8 Å². The molecular weight excluding hydrogens is 649 g/mol. The summed E-state index contributed by atoms with van der Waals surface area (Å²) in [6, 6.07) is 7.58. The van der Waals surface area contributed by atoms with Crippen LogP contribution in [0.25, 0.3) is 0 Å². The van der Waals surface area contributed by atoms with Crippen LogP contribution in [0.15, 0.2) is 36.4 Å². The van der Waals surface area contributed by atoms with Crippen molar-refractivity contribution in [3.63, 3.8) is 0 Å². The normalized spacial score (nSPS) is 38.9. The fraction of sp³-hybridized carbons (Fsp3) is 0.756. The molecule has 0 saturated heterocycles. The van der Waals surface area contributed by atoms with Crippen molar-refractivity contribution in [2.24, 2.45) is 56.7 Å². The van der Waals surface area contributed by atoms with Gasteiger partial charge in [0.05, 0.1) is 11.5 Å². The Balaban J connectivity index is 1.12. The highest BCUT2D eigenvalue weighted by molar-refractivity contribution is 5.94. The minimum Gasteiger partial charge on any atom is -0.481 e. The van der Waals surface area contributed by atoms with Crippen LogP contribution in [0, 0.1) is 56.7 Å². The summed E-state index contributed by atoms with van der Waals surface area (Å²) < 4.78 is 0. The molecule has 9 unspecified atom stereocenters. The van der Waals surface area contributed by atoms with Crippen LogP contribution < -0.4 is 10.6 Å². The highest BCUT2D eigenvalue weighted by Gasteiger charge is 2.71. The quantitative estimate of drug-likeness (QED) is 0.127. The molecule has 5 aliphatic carbocycles. The Kier molecular flexibility index (Phi) is 10.9. The van der Waals surface area contributed by atoms with E-state index in [9.17, 15) is 19.5 Å². The van der Waals surface area contributed by atoms with E-state index < -0.39 is 5.97 Å².